The molecule has 1 aliphatic heterocycles. The van der Waals surface area contributed by atoms with Crippen LogP contribution < -0.4 is 4.74 Å². The third kappa shape index (κ3) is 6.66. The summed E-state index contributed by atoms with van der Waals surface area (Å²) in [6.07, 6.45) is 1.36. The lowest BCUT2D eigenvalue weighted by Gasteiger charge is -2.34. The number of hydrogen-bond acceptors (Lipinski definition) is 8. The zero-order valence-electron chi connectivity index (χ0n) is 23.7. The normalized spacial score (nSPS) is 18.4. The molecule has 0 bridgehead atoms. The Bertz CT molecular complexity index is 1260. The van der Waals surface area contributed by atoms with Crippen LogP contribution in [0.3, 0.4) is 0 Å². The Kier molecular flexibility index (Phi) is 8.44. The number of methoxy groups -OCH3 is 1. The molecule has 214 valence electrons. The van der Waals surface area contributed by atoms with Crippen molar-refractivity contribution in [2.75, 3.05) is 46.8 Å². The molecule has 5 rings (SSSR count). The molecule has 1 saturated heterocycles. The second-order valence-corrected chi connectivity index (χ2v) is 11.4. The summed E-state index contributed by atoms with van der Waals surface area (Å²) >= 11 is 0. The summed E-state index contributed by atoms with van der Waals surface area (Å²) in [4.78, 5) is 14.2. The fourth-order valence-corrected chi connectivity index (χ4v) is 4.84. The highest BCUT2D eigenvalue weighted by molar-refractivity contribution is 5.83. The first-order chi connectivity index (χ1) is 19.3. The van der Waals surface area contributed by atoms with E-state index in [0.717, 1.165) is 46.7 Å². The van der Waals surface area contributed by atoms with Crippen molar-refractivity contribution >= 4 is 6.09 Å². The van der Waals surface area contributed by atoms with Crippen molar-refractivity contribution in [1.82, 2.24) is 10.1 Å². The van der Waals surface area contributed by atoms with Crippen molar-refractivity contribution < 1.29 is 33.0 Å². The van der Waals surface area contributed by atoms with Gasteiger partial charge < -0.3 is 33.1 Å². The summed E-state index contributed by atoms with van der Waals surface area (Å²) in [7, 11) is 1.59. The highest BCUT2D eigenvalue weighted by Crippen LogP contribution is 2.53. The molecule has 1 saturated carbocycles. The number of carbonyl (C=O) groups excluding carboxylic acids is 1. The van der Waals surface area contributed by atoms with Crippen molar-refractivity contribution in [2.45, 2.75) is 50.7 Å². The van der Waals surface area contributed by atoms with Crippen LogP contribution in [-0.2, 0) is 24.4 Å². The molecule has 0 N–H and O–H groups in total. The molecule has 9 nitrogen and oxygen atoms in total. The predicted octanol–water partition coefficient (Wildman–Crippen LogP) is 5.68. The second kappa shape index (κ2) is 12.0. The minimum Gasteiger partial charge on any atom is -0.468 e. The van der Waals surface area contributed by atoms with Gasteiger partial charge >= 0.3 is 6.09 Å². The number of carbonyl (C=O) groups is 1. The first-order valence-electron chi connectivity index (χ1n) is 13.7. The molecule has 2 heterocycles. The van der Waals surface area contributed by atoms with Crippen LogP contribution in [0.4, 0.5) is 4.79 Å². The lowest BCUT2D eigenvalue weighted by molar-refractivity contribution is -0.0751. The zero-order valence-corrected chi connectivity index (χ0v) is 23.7. The van der Waals surface area contributed by atoms with Gasteiger partial charge in [-0.1, -0.05) is 35.5 Å². The number of nitrogens with zero attached hydrogens (tertiary/aromatic N) is 2. The molecule has 2 aromatic carbocycles. The average molecular weight is 551 g/mol. The van der Waals surface area contributed by atoms with Gasteiger partial charge in [0.1, 0.15) is 17.0 Å². The fraction of sp³-hybridized carbons (Fsp3) is 0.484. The van der Waals surface area contributed by atoms with Crippen molar-refractivity contribution in [2.24, 2.45) is 0 Å². The molecule has 1 atom stereocenters. The number of aromatic nitrogens is 1. The Hall–Kier alpha value is -3.40. The van der Waals surface area contributed by atoms with Gasteiger partial charge in [0.25, 0.3) is 0 Å². The molecule has 0 unspecified atom stereocenters. The topological polar surface area (TPSA) is 92.5 Å². The minimum absolute atomic E-state index is 0.191. The van der Waals surface area contributed by atoms with Crippen molar-refractivity contribution in [3.63, 3.8) is 0 Å². The largest absolute Gasteiger partial charge is 0.468 e. The van der Waals surface area contributed by atoms with E-state index in [0.29, 0.717) is 32.9 Å². The van der Waals surface area contributed by atoms with E-state index in [1.807, 2.05) is 63.2 Å². The molecule has 2 fully saturated rings. The first-order valence-corrected chi connectivity index (χ1v) is 13.7. The van der Waals surface area contributed by atoms with Crippen LogP contribution in [0.2, 0.25) is 0 Å². The molecule has 1 aliphatic carbocycles. The van der Waals surface area contributed by atoms with Crippen LogP contribution in [0, 0.1) is 0 Å². The average Bonchev–Trinajstić information content (AvgIpc) is 3.59. The monoisotopic (exact) mass is 550 g/mol. The summed E-state index contributed by atoms with van der Waals surface area (Å²) in [5, 5.41) is 4.54. The summed E-state index contributed by atoms with van der Waals surface area (Å²) in [5.41, 5.74) is 2.96. The van der Waals surface area contributed by atoms with Crippen LogP contribution in [0.1, 0.15) is 39.4 Å². The summed E-state index contributed by atoms with van der Waals surface area (Å²) in [5.74, 6) is 1.56. The van der Waals surface area contributed by atoms with Gasteiger partial charge in [0.2, 0.25) is 0 Å². The van der Waals surface area contributed by atoms with Gasteiger partial charge in [0, 0.05) is 19.2 Å². The molecule has 9 heteroatoms. The maximum Gasteiger partial charge on any atom is 0.410 e. The maximum absolute atomic E-state index is 12.5. The standard InChI is InChI=1S/C31H38N2O7/c1-30(2,3)39-29(34)33-16-17-37-25(18-33)19-36-20-31(14-15-31)28-26(22-8-6-5-7-9-22)27(32-40-28)23-10-12-24(13-11-23)38-21-35-4/h5-13,25H,14-21H2,1-4H3/t25-/m1/s1. The predicted molar refractivity (Wildman–Crippen MR) is 149 cm³/mol. The van der Waals surface area contributed by atoms with E-state index in [9.17, 15) is 4.79 Å². The van der Waals surface area contributed by atoms with Crippen molar-refractivity contribution in [1.29, 1.82) is 0 Å². The first kappa shape index (κ1) is 28.1. The quantitative estimate of drug-likeness (QED) is 0.298. The van der Waals surface area contributed by atoms with Crippen LogP contribution >= 0.6 is 0 Å². The Morgan fingerprint density at radius 1 is 1.07 bits per heavy atom. The molecule has 1 aromatic heterocycles. The van der Waals surface area contributed by atoms with Crippen LogP contribution in [0.15, 0.2) is 59.1 Å². The highest BCUT2D eigenvalue weighted by atomic mass is 16.7. The van der Waals surface area contributed by atoms with Crippen molar-refractivity contribution in [3.05, 3.63) is 60.4 Å². The van der Waals surface area contributed by atoms with Crippen LogP contribution in [-0.4, -0.2) is 74.7 Å². The molecule has 2 aliphatic rings. The minimum atomic E-state index is -0.536. The third-order valence-corrected chi connectivity index (χ3v) is 7.03. The molecule has 0 spiro atoms. The van der Waals surface area contributed by atoms with Gasteiger partial charge in [0.15, 0.2) is 12.6 Å². The van der Waals surface area contributed by atoms with E-state index in [2.05, 4.69) is 17.3 Å². The highest BCUT2D eigenvalue weighted by Gasteiger charge is 2.50. The fourth-order valence-electron chi connectivity index (χ4n) is 4.84. The Balaban J connectivity index is 1.29. The maximum atomic E-state index is 12.5. The second-order valence-electron chi connectivity index (χ2n) is 11.4. The van der Waals surface area contributed by atoms with Gasteiger partial charge in [-0.3, -0.25) is 0 Å². The van der Waals surface area contributed by atoms with Gasteiger partial charge in [-0.15, -0.1) is 0 Å². The third-order valence-electron chi connectivity index (χ3n) is 7.03. The number of ether oxygens (including phenoxy) is 5. The SMILES string of the molecule is COCOc1ccc(-c2noc(C3(COC[C@H]4CN(C(=O)OC(C)(C)C)CCO4)CC3)c2-c2ccccc2)cc1. The van der Waals surface area contributed by atoms with Gasteiger partial charge in [-0.25, -0.2) is 4.79 Å². The number of rotatable bonds is 10. The lowest BCUT2D eigenvalue weighted by Crippen LogP contribution is -2.48. The zero-order chi connectivity index (χ0) is 28.2. The van der Waals surface area contributed by atoms with Crippen LogP contribution in [0.25, 0.3) is 22.4 Å². The molecule has 0 radical (unpaired) electrons. The Morgan fingerprint density at radius 3 is 2.50 bits per heavy atom. The van der Waals surface area contributed by atoms with Gasteiger partial charge in [0.05, 0.1) is 43.4 Å². The van der Waals surface area contributed by atoms with E-state index in [1.54, 1.807) is 12.0 Å². The number of amides is 1. The number of hydrogen-bond donors (Lipinski definition) is 0. The lowest BCUT2D eigenvalue weighted by atomic mass is 9.92. The summed E-state index contributed by atoms with van der Waals surface area (Å²) < 4.78 is 34.3. The van der Waals surface area contributed by atoms with E-state index in [1.165, 1.54) is 0 Å². The van der Waals surface area contributed by atoms with E-state index >= 15 is 0 Å². The molecular weight excluding hydrogens is 512 g/mol. The summed E-state index contributed by atoms with van der Waals surface area (Å²) in [6, 6.07) is 17.9. The van der Waals surface area contributed by atoms with Crippen LogP contribution in [0.5, 0.6) is 5.75 Å². The van der Waals surface area contributed by atoms with Crippen molar-refractivity contribution in [3.8, 4) is 28.1 Å². The van der Waals surface area contributed by atoms with E-state index < -0.39 is 5.60 Å². The molecule has 1 amide bonds. The number of morpholine rings is 1. The Morgan fingerprint density at radius 2 is 1.82 bits per heavy atom. The van der Waals surface area contributed by atoms with E-state index in [4.69, 9.17) is 28.2 Å². The van der Waals surface area contributed by atoms with Gasteiger partial charge in [-0.2, -0.15) is 0 Å². The smallest absolute Gasteiger partial charge is 0.410 e. The molecule has 3 aromatic rings. The molecule has 40 heavy (non-hydrogen) atoms. The van der Waals surface area contributed by atoms with E-state index in [-0.39, 0.29) is 24.4 Å². The number of benzene rings is 2. The Labute approximate surface area is 235 Å². The van der Waals surface area contributed by atoms with Gasteiger partial charge in [-0.05, 0) is 63.4 Å². The molecular formula is C31H38N2O7. The summed E-state index contributed by atoms with van der Waals surface area (Å²) in [6.45, 7) is 8.06.